The Morgan fingerprint density at radius 1 is 1.40 bits per heavy atom. The molecule has 1 fully saturated rings. The number of ether oxygens (including phenoxy) is 1. The Morgan fingerprint density at radius 2 is 2.24 bits per heavy atom. The van der Waals surface area contributed by atoms with Gasteiger partial charge in [0.05, 0.1) is 17.2 Å². The van der Waals surface area contributed by atoms with Crippen LogP contribution in [-0.4, -0.2) is 23.7 Å². The van der Waals surface area contributed by atoms with Crippen LogP contribution >= 0.6 is 11.6 Å². The van der Waals surface area contributed by atoms with Gasteiger partial charge in [-0.2, -0.15) is 5.26 Å². The van der Waals surface area contributed by atoms with Gasteiger partial charge in [0, 0.05) is 29.6 Å². The predicted molar refractivity (Wildman–Crippen MR) is 88.0 cm³/mol. The molecule has 1 aliphatic heterocycles. The van der Waals surface area contributed by atoms with Crippen LogP contribution in [0.1, 0.15) is 17.0 Å². The van der Waals surface area contributed by atoms with Crippen LogP contribution in [0.5, 0.6) is 5.75 Å². The lowest BCUT2D eigenvalue weighted by Gasteiger charge is -2.17. The number of pyridine rings is 1. The van der Waals surface area contributed by atoms with Crippen LogP contribution in [-0.2, 0) is 0 Å². The molecule has 2 amide bonds. The summed E-state index contributed by atoms with van der Waals surface area (Å²) in [5, 5.41) is 14.5. The number of amides is 2. The van der Waals surface area contributed by atoms with E-state index in [9.17, 15) is 9.18 Å². The summed E-state index contributed by atoms with van der Waals surface area (Å²) >= 11 is 6.06. The molecule has 1 aromatic carbocycles. The monoisotopic (exact) mass is 358 g/mol. The number of halogens is 2. The van der Waals surface area contributed by atoms with Crippen LogP contribution in [0.25, 0.3) is 0 Å². The maximum absolute atomic E-state index is 14.2. The number of hydrogen-bond donors (Lipinski definition) is 2. The summed E-state index contributed by atoms with van der Waals surface area (Å²) in [6.07, 6.45) is 1.37. The highest BCUT2D eigenvalue weighted by Crippen LogP contribution is 2.56. The fourth-order valence-corrected chi connectivity index (χ4v) is 3.41. The molecule has 0 saturated heterocycles. The minimum Gasteiger partial charge on any atom is -0.491 e. The minimum atomic E-state index is -0.444. The highest BCUT2D eigenvalue weighted by molar-refractivity contribution is 6.32. The summed E-state index contributed by atoms with van der Waals surface area (Å²) in [5.74, 6) is 0.169. The molecule has 1 aliphatic carbocycles. The molecule has 6 nitrogen and oxygen atoms in total. The molecule has 4 rings (SSSR count). The standard InChI is InChI=1S/C17H12ClFN4O2/c18-10-2-3-11(19)14-13-9(7-25-16(10)14)15(13)23-17(24)22-12-4-1-8(5-20)6-21-12/h1-4,6,9,13,15H,7H2,(H2,21,22,23,24)/t9-,13-,15?/m0/s1. The van der Waals surface area contributed by atoms with Gasteiger partial charge in [0.2, 0.25) is 0 Å². The highest BCUT2D eigenvalue weighted by atomic mass is 35.5. The van der Waals surface area contributed by atoms with Crippen LogP contribution in [0.2, 0.25) is 5.02 Å². The van der Waals surface area contributed by atoms with Crippen LogP contribution in [0.3, 0.4) is 0 Å². The van der Waals surface area contributed by atoms with Crippen molar-refractivity contribution in [2.24, 2.45) is 5.92 Å². The number of fused-ring (bicyclic) bond motifs is 3. The molecule has 25 heavy (non-hydrogen) atoms. The Hall–Kier alpha value is -2.85. The number of carbonyl (C=O) groups is 1. The summed E-state index contributed by atoms with van der Waals surface area (Å²) in [7, 11) is 0. The molecule has 1 unspecified atom stereocenters. The van der Waals surface area contributed by atoms with Crippen molar-refractivity contribution in [3.8, 4) is 11.8 Å². The number of hydrogen-bond acceptors (Lipinski definition) is 4. The Labute approximate surface area is 147 Å². The molecular formula is C17H12ClFN4O2. The Morgan fingerprint density at radius 3 is 2.96 bits per heavy atom. The summed E-state index contributed by atoms with van der Waals surface area (Å²) in [5.41, 5.74) is 0.825. The number of rotatable bonds is 2. The molecule has 2 aliphatic rings. The van der Waals surface area contributed by atoms with Gasteiger partial charge in [-0.15, -0.1) is 0 Å². The van der Waals surface area contributed by atoms with Gasteiger partial charge < -0.3 is 10.1 Å². The van der Waals surface area contributed by atoms with E-state index in [1.54, 1.807) is 6.07 Å². The van der Waals surface area contributed by atoms with Crippen molar-refractivity contribution in [2.45, 2.75) is 12.0 Å². The van der Waals surface area contributed by atoms with Crippen LogP contribution in [0.4, 0.5) is 15.0 Å². The van der Waals surface area contributed by atoms with Gasteiger partial charge in [0.25, 0.3) is 0 Å². The van der Waals surface area contributed by atoms with Gasteiger partial charge in [-0.3, -0.25) is 5.32 Å². The fourth-order valence-electron chi connectivity index (χ4n) is 3.20. The molecule has 0 radical (unpaired) electrons. The summed E-state index contributed by atoms with van der Waals surface area (Å²) in [4.78, 5) is 16.1. The number of aromatic nitrogens is 1. The van der Waals surface area contributed by atoms with E-state index in [0.717, 1.165) is 0 Å². The number of nitrogens with one attached hydrogen (secondary N) is 2. The van der Waals surface area contributed by atoms with E-state index in [2.05, 4.69) is 15.6 Å². The maximum Gasteiger partial charge on any atom is 0.320 e. The van der Waals surface area contributed by atoms with Crippen molar-refractivity contribution in [3.05, 3.63) is 52.4 Å². The fraction of sp³-hybridized carbons (Fsp3) is 0.235. The van der Waals surface area contributed by atoms with Crippen molar-refractivity contribution in [2.75, 3.05) is 11.9 Å². The van der Waals surface area contributed by atoms with Gasteiger partial charge in [0.15, 0.2) is 0 Å². The second-order valence-electron chi connectivity index (χ2n) is 5.94. The van der Waals surface area contributed by atoms with Crippen molar-refractivity contribution in [3.63, 3.8) is 0 Å². The smallest absolute Gasteiger partial charge is 0.320 e. The number of anilines is 1. The molecule has 0 spiro atoms. The molecule has 0 bridgehead atoms. The molecule has 8 heteroatoms. The first-order valence-corrected chi connectivity index (χ1v) is 8.00. The van der Waals surface area contributed by atoms with E-state index in [0.29, 0.717) is 34.3 Å². The van der Waals surface area contributed by atoms with Gasteiger partial charge in [-0.1, -0.05) is 11.6 Å². The van der Waals surface area contributed by atoms with Crippen LogP contribution < -0.4 is 15.4 Å². The zero-order chi connectivity index (χ0) is 17.6. The summed E-state index contributed by atoms with van der Waals surface area (Å²) in [6, 6.07) is 7.14. The first kappa shape index (κ1) is 15.7. The number of urea groups is 1. The van der Waals surface area contributed by atoms with Gasteiger partial charge in [-0.25, -0.2) is 14.2 Å². The van der Waals surface area contributed by atoms with E-state index >= 15 is 0 Å². The van der Waals surface area contributed by atoms with Crippen molar-refractivity contribution >= 4 is 23.4 Å². The van der Waals surface area contributed by atoms with E-state index in [4.69, 9.17) is 21.6 Å². The first-order valence-electron chi connectivity index (χ1n) is 7.63. The molecule has 2 N–H and O–H groups in total. The minimum absolute atomic E-state index is 0.0140. The average Bonchev–Trinajstić information content (AvgIpc) is 3.31. The maximum atomic E-state index is 14.2. The first-order chi connectivity index (χ1) is 12.1. The number of carbonyl (C=O) groups excluding carboxylic acids is 1. The zero-order valence-corrected chi connectivity index (χ0v) is 13.5. The topological polar surface area (TPSA) is 87.0 Å². The van der Waals surface area contributed by atoms with Gasteiger partial charge in [0.1, 0.15) is 23.5 Å². The molecule has 2 aromatic rings. The lowest BCUT2D eigenvalue weighted by atomic mass is 10.1. The molecular weight excluding hydrogens is 347 g/mol. The van der Waals surface area contributed by atoms with Crippen molar-refractivity contribution in [1.29, 1.82) is 5.26 Å². The number of benzene rings is 1. The molecule has 1 aromatic heterocycles. The third-order valence-electron chi connectivity index (χ3n) is 4.45. The third kappa shape index (κ3) is 2.75. The Balaban J connectivity index is 1.45. The second kappa shape index (κ2) is 5.90. The SMILES string of the molecule is N#Cc1ccc(NC(=O)NC2[C@H]3COc4c(Cl)ccc(F)c4[C@@H]23)nc1. The van der Waals surface area contributed by atoms with E-state index in [-0.39, 0.29) is 23.7 Å². The van der Waals surface area contributed by atoms with Crippen LogP contribution in [0, 0.1) is 23.1 Å². The zero-order valence-electron chi connectivity index (χ0n) is 12.8. The Bertz CT molecular complexity index is 897. The normalized spacial score (nSPS) is 22.7. The molecule has 126 valence electrons. The van der Waals surface area contributed by atoms with E-state index < -0.39 is 6.03 Å². The number of nitriles is 1. The lowest BCUT2D eigenvalue weighted by Crippen LogP contribution is -2.32. The van der Waals surface area contributed by atoms with Gasteiger partial charge >= 0.3 is 6.03 Å². The quantitative estimate of drug-likeness (QED) is 0.863. The van der Waals surface area contributed by atoms with Crippen molar-refractivity contribution < 1.29 is 13.9 Å². The van der Waals surface area contributed by atoms with Gasteiger partial charge in [-0.05, 0) is 24.3 Å². The average molecular weight is 359 g/mol. The molecule has 1 saturated carbocycles. The Kier molecular flexibility index (Phi) is 3.70. The predicted octanol–water partition coefficient (Wildman–Crippen LogP) is 3.04. The van der Waals surface area contributed by atoms with E-state index in [1.165, 1.54) is 24.4 Å². The summed E-state index contributed by atoms with van der Waals surface area (Å²) in [6.45, 7) is 0.376. The van der Waals surface area contributed by atoms with Crippen molar-refractivity contribution in [1.82, 2.24) is 10.3 Å². The lowest BCUT2D eigenvalue weighted by molar-refractivity contribution is 0.249. The molecule has 2 heterocycles. The highest BCUT2D eigenvalue weighted by Gasteiger charge is 2.57. The second-order valence-corrected chi connectivity index (χ2v) is 6.35. The largest absolute Gasteiger partial charge is 0.491 e. The van der Waals surface area contributed by atoms with E-state index in [1.807, 2.05) is 6.07 Å². The molecule has 3 atom stereocenters. The third-order valence-corrected chi connectivity index (χ3v) is 4.75. The van der Waals surface area contributed by atoms with Crippen LogP contribution in [0.15, 0.2) is 30.5 Å². The number of nitrogens with zero attached hydrogens (tertiary/aromatic N) is 2. The summed E-state index contributed by atoms with van der Waals surface area (Å²) < 4.78 is 19.7.